The van der Waals surface area contributed by atoms with Crippen molar-refractivity contribution in [2.75, 3.05) is 20.7 Å². The molecule has 0 aliphatic carbocycles. The largest absolute Gasteiger partial charge is 0.497 e. The van der Waals surface area contributed by atoms with Crippen molar-refractivity contribution in [3.63, 3.8) is 0 Å². The summed E-state index contributed by atoms with van der Waals surface area (Å²) in [6.07, 6.45) is 0.739. The van der Waals surface area contributed by atoms with Crippen LogP contribution in [0.5, 0.6) is 11.5 Å². The molecule has 0 saturated carbocycles. The van der Waals surface area contributed by atoms with Crippen LogP contribution in [-0.2, 0) is 13.0 Å². The number of benzene rings is 1. The Morgan fingerprint density at radius 3 is 2.55 bits per heavy atom. The molecule has 0 unspecified atom stereocenters. The summed E-state index contributed by atoms with van der Waals surface area (Å²) in [4.78, 5) is 4.23. The summed E-state index contributed by atoms with van der Waals surface area (Å²) in [5.41, 5.74) is 0. The number of rotatable bonds is 7. The Morgan fingerprint density at radius 2 is 1.90 bits per heavy atom. The fourth-order valence-corrected chi connectivity index (χ4v) is 1.50. The Balaban J connectivity index is 0.00000200. The normalized spacial score (nSPS) is 9.90. The van der Waals surface area contributed by atoms with Crippen LogP contribution in [0.3, 0.4) is 0 Å². The predicted octanol–water partition coefficient (Wildman–Crippen LogP) is 1.84. The van der Waals surface area contributed by atoms with Crippen LogP contribution in [0.25, 0.3) is 0 Å². The van der Waals surface area contributed by atoms with Crippen LogP contribution in [0.2, 0.25) is 0 Å². The smallest absolute Gasteiger partial charge is 0.264 e. The van der Waals surface area contributed by atoms with Crippen molar-refractivity contribution in [2.24, 2.45) is 0 Å². The first-order valence-electron chi connectivity index (χ1n) is 6.04. The van der Waals surface area contributed by atoms with Crippen LogP contribution in [0.15, 0.2) is 28.8 Å². The maximum Gasteiger partial charge on any atom is 0.264 e. The highest BCUT2D eigenvalue weighted by molar-refractivity contribution is 5.85. The molecule has 1 heterocycles. The summed E-state index contributed by atoms with van der Waals surface area (Å²) < 4.78 is 15.7. The standard InChI is InChI=1S/C13H17N3O3.ClH/c1-14-8-7-12-15-13(19-16-12)9-18-11-5-3-10(17-2)4-6-11;/h3-6,14H,7-9H2,1-2H3;1H. The number of likely N-dealkylation sites (N-methyl/N-ethyl adjacent to an activating group) is 1. The zero-order valence-electron chi connectivity index (χ0n) is 11.5. The maximum absolute atomic E-state index is 5.54. The lowest BCUT2D eigenvalue weighted by atomic mass is 10.3. The van der Waals surface area contributed by atoms with E-state index in [-0.39, 0.29) is 19.0 Å². The molecule has 2 aromatic rings. The molecule has 0 aliphatic rings. The molecular weight excluding hydrogens is 282 g/mol. The summed E-state index contributed by atoms with van der Waals surface area (Å²) >= 11 is 0. The van der Waals surface area contributed by atoms with Crippen molar-refractivity contribution in [1.29, 1.82) is 0 Å². The van der Waals surface area contributed by atoms with E-state index < -0.39 is 0 Å². The van der Waals surface area contributed by atoms with E-state index in [1.165, 1.54) is 0 Å². The molecule has 1 aromatic heterocycles. The molecule has 0 amide bonds. The zero-order valence-corrected chi connectivity index (χ0v) is 12.3. The molecular formula is C13H18ClN3O3. The van der Waals surface area contributed by atoms with Crippen molar-refractivity contribution in [3.8, 4) is 11.5 Å². The second-order valence-corrected chi connectivity index (χ2v) is 3.92. The molecule has 110 valence electrons. The van der Waals surface area contributed by atoms with Gasteiger partial charge in [0, 0.05) is 13.0 Å². The van der Waals surface area contributed by atoms with Gasteiger partial charge in [-0.1, -0.05) is 5.16 Å². The summed E-state index contributed by atoms with van der Waals surface area (Å²) in [5.74, 6) is 2.68. The van der Waals surface area contributed by atoms with Gasteiger partial charge in [0.2, 0.25) is 0 Å². The van der Waals surface area contributed by atoms with Gasteiger partial charge in [-0.15, -0.1) is 12.4 Å². The summed E-state index contributed by atoms with van der Waals surface area (Å²) in [6.45, 7) is 1.08. The molecule has 0 bridgehead atoms. The van der Waals surface area contributed by atoms with Crippen molar-refractivity contribution in [3.05, 3.63) is 36.0 Å². The van der Waals surface area contributed by atoms with Gasteiger partial charge < -0.3 is 19.3 Å². The predicted molar refractivity (Wildman–Crippen MR) is 76.5 cm³/mol. The Hall–Kier alpha value is -1.79. The third-order valence-corrected chi connectivity index (χ3v) is 2.53. The minimum Gasteiger partial charge on any atom is -0.497 e. The third kappa shape index (κ3) is 4.71. The number of ether oxygens (including phenoxy) is 2. The van der Waals surface area contributed by atoms with Crippen LogP contribution in [0.4, 0.5) is 0 Å². The highest BCUT2D eigenvalue weighted by Gasteiger charge is 2.06. The van der Waals surface area contributed by atoms with Crippen LogP contribution in [0, 0.1) is 0 Å². The molecule has 0 atom stereocenters. The van der Waals surface area contributed by atoms with E-state index in [0.717, 1.165) is 24.5 Å². The second-order valence-electron chi connectivity index (χ2n) is 3.92. The Kier molecular flexibility index (Phi) is 6.83. The molecule has 0 spiro atoms. The summed E-state index contributed by atoms with van der Waals surface area (Å²) in [7, 11) is 3.51. The molecule has 1 N–H and O–H groups in total. The number of aromatic nitrogens is 2. The quantitative estimate of drug-likeness (QED) is 0.841. The van der Waals surface area contributed by atoms with Gasteiger partial charge in [0.25, 0.3) is 5.89 Å². The highest BCUT2D eigenvalue weighted by Crippen LogP contribution is 2.17. The lowest BCUT2D eigenvalue weighted by molar-refractivity contribution is 0.242. The number of hydrogen-bond donors (Lipinski definition) is 1. The number of methoxy groups -OCH3 is 1. The number of halogens is 1. The van der Waals surface area contributed by atoms with Crippen molar-refractivity contribution in [2.45, 2.75) is 13.0 Å². The lowest BCUT2D eigenvalue weighted by Gasteiger charge is -2.04. The minimum atomic E-state index is 0. The van der Waals surface area contributed by atoms with Gasteiger partial charge in [0.05, 0.1) is 7.11 Å². The topological polar surface area (TPSA) is 69.4 Å². The van der Waals surface area contributed by atoms with Gasteiger partial charge in [-0.3, -0.25) is 0 Å². The molecule has 6 nitrogen and oxygen atoms in total. The van der Waals surface area contributed by atoms with Crippen molar-refractivity contribution < 1.29 is 14.0 Å². The van der Waals surface area contributed by atoms with Gasteiger partial charge in [-0.25, -0.2) is 0 Å². The van der Waals surface area contributed by atoms with Gasteiger partial charge >= 0.3 is 0 Å². The number of nitrogens with zero attached hydrogens (tertiary/aromatic N) is 2. The Labute approximate surface area is 123 Å². The van der Waals surface area contributed by atoms with E-state index in [1.807, 2.05) is 31.3 Å². The van der Waals surface area contributed by atoms with E-state index in [0.29, 0.717) is 11.7 Å². The van der Waals surface area contributed by atoms with E-state index in [4.69, 9.17) is 14.0 Å². The molecule has 0 fully saturated rings. The van der Waals surface area contributed by atoms with Crippen molar-refractivity contribution in [1.82, 2.24) is 15.5 Å². The maximum atomic E-state index is 5.54. The fourth-order valence-electron chi connectivity index (χ4n) is 1.50. The Morgan fingerprint density at radius 1 is 1.20 bits per heavy atom. The third-order valence-electron chi connectivity index (χ3n) is 2.53. The van der Waals surface area contributed by atoms with E-state index in [9.17, 15) is 0 Å². The molecule has 20 heavy (non-hydrogen) atoms. The van der Waals surface area contributed by atoms with Crippen molar-refractivity contribution >= 4 is 12.4 Å². The van der Waals surface area contributed by atoms with E-state index in [1.54, 1.807) is 7.11 Å². The first kappa shape index (κ1) is 16.3. The monoisotopic (exact) mass is 299 g/mol. The molecule has 2 rings (SSSR count). The first-order valence-corrected chi connectivity index (χ1v) is 6.04. The molecule has 0 saturated heterocycles. The Bertz CT molecular complexity index is 502. The molecule has 0 radical (unpaired) electrons. The van der Waals surface area contributed by atoms with Crippen LogP contribution < -0.4 is 14.8 Å². The lowest BCUT2D eigenvalue weighted by Crippen LogP contribution is -2.11. The van der Waals surface area contributed by atoms with Crippen LogP contribution in [0.1, 0.15) is 11.7 Å². The van der Waals surface area contributed by atoms with Gasteiger partial charge in [-0.2, -0.15) is 4.98 Å². The zero-order chi connectivity index (χ0) is 13.5. The van der Waals surface area contributed by atoms with Gasteiger partial charge in [-0.05, 0) is 31.3 Å². The number of nitrogens with one attached hydrogen (secondary N) is 1. The van der Waals surface area contributed by atoms with Gasteiger partial charge in [0.1, 0.15) is 11.5 Å². The van der Waals surface area contributed by atoms with E-state index >= 15 is 0 Å². The fraction of sp³-hybridized carbons (Fsp3) is 0.385. The average Bonchev–Trinajstić information content (AvgIpc) is 2.91. The summed E-state index contributed by atoms with van der Waals surface area (Å²) in [6, 6.07) is 7.33. The average molecular weight is 300 g/mol. The first-order chi connectivity index (χ1) is 9.31. The van der Waals surface area contributed by atoms with Crippen LogP contribution >= 0.6 is 12.4 Å². The van der Waals surface area contributed by atoms with Gasteiger partial charge in [0.15, 0.2) is 12.4 Å². The highest BCUT2D eigenvalue weighted by atomic mass is 35.5. The molecule has 0 aliphatic heterocycles. The minimum absolute atomic E-state index is 0. The molecule has 7 heteroatoms. The second kappa shape index (κ2) is 8.39. The van der Waals surface area contributed by atoms with E-state index in [2.05, 4.69) is 15.5 Å². The number of hydrogen-bond acceptors (Lipinski definition) is 6. The summed E-state index contributed by atoms with van der Waals surface area (Å²) in [5, 5.41) is 6.90. The molecule has 1 aromatic carbocycles. The van der Waals surface area contributed by atoms with Crippen LogP contribution in [-0.4, -0.2) is 30.8 Å². The SMILES string of the molecule is CNCCc1noc(COc2ccc(OC)cc2)n1.Cl.